The number of fused-ring (bicyclic) bond motifs is 1. The second kappa shape index (κ2) is 5.23. The van der Waals surface area contributed by atoms with E-state index in [9.17, 15) is 10.1 Å². The summed E-state index contributed by atoms with van der Waals surface area (Å²) in [4.78, 5) is 15.0. The summed E-state index contributed by atoms with van der Waals surface area (Å²) in [5.74, 6) is 0. The number of hydrogen-bond acceptors (Lipinski definition) is 3. The molecule has 0 amide bonds. The molecule has 1 aromatic heterocycles. The molecule has 1 heterocycles. The van der Waals surface area contributed by atoms with Crippen molar-refractivity contribution in [2.24, 2.45) is 5.73 Å². The average molecular weight is 275 g/mol. The van der Waals surface area contributed by atoms with Crippen LogP contribution >= 0.6 is 0 Å². The first-order valence-corrected chi connectivity index (χ1v) is 6.58. The highest BCUT2D eigenvalue weighted by atomic mass is 16.1. The lowest BCUT2D eigenvalue weighted by Gasteiger charge is -2.06. The molecule has 0 radical (unpaired) electrons. The van der Waals surface area contributed by atoms with E-state index in [-0.39, 0.29) is 5.56 Å². The number of nitrogens with two attached hydrogens (primary N) is 1. The summed E-state index contributed by atoms with van der Waals surface area (Å²) in [5, 5.41) is 10.4. The molecule has 3 N–H and O–H groups in total. The average Bonchev–Trinajstić information content (AvgIpc) is 2.54. The molecule has 0 aliphatic rings. The van der Waals surface area contributed by atoms with Gasteiger partial charge in [-0.15, -0.1) is 0 Å². The lowest BCUT2D eigenvalue weighted by molar-refractivity contribution is 1.07. The number of nitriles is 1. The molecule has 0 aliphatic carbocycles. The highest BCUT2D eigenvalue weighted by Crippen LogP contribution is 2.22. The van der Waals surface area contributed by atoms with Crippen LogP contribution < -0.4 is 11.3 Å². The minimum absolute atomic E-state index is 0.192. The molecule has 102 valence electrons. The van der Waals surface area contributed by atoms with Crippen molar-refractivity contribution in [3.63, 3.8) is 0 Å². The van der Waals surface area contributed by atoms with Crippen LogP contribution in [0.4, 0.5) is 0 Å². The highest BCUT2D eigenvalue weighted by molar-refractivity contribution is 5.89. The fourth-order valence-corrected chi connectivity index (χ4v) is 2.36. The molecule has 0 bridgehead atoms. The summed E-state index contributed by atoms with van der Waals surface area (Å²) in [6.07, 6.45) is 0. The van der Waals surface area contributed by atoms with E-state index >= 15 is 0 Å². The van der Waals surface area contributed by atoms with Gasteiger partial charge in [-0.25, -0.2) is 0 Å². The topological polar surface area (TPSA) is 82.7 Å². The number of H-pyrrole nitrogens is 1. The monoisotopic (exact) mass is 275 g/mol. The summed E-state index contributed by atoms with van der Waals surface area (Å²) in [6.45, 7) is 0.479. The zero-order valence-electron chi connectivity index (χ0n) is 11.3. The van der Waals surface area contributed by atoms with Crippen LogP contribution in [0.3, 0.4) is 0 Å². The lowest BCUT2D eigenvalue weighted by Crippen LogP contribution is -2.07. The van der Waals surface area contributed by atoms with Crippen molar-refractivity contribution in [1.82, 2.24) is 4.98 Å². The van der Waals surface area contributed by atoms with E-state index in [1.807, 2.05) is 30.3 Å². The minimum Gasteiger partial charge on any atom is -0.326 e. The van der Waals surface area contributed by atoms with E-state index < -0.39 is 0 Å². The van der Waals surface area contributed by atoms with E-state index in [0.717, 1.165) is 11.1 Å². The van der Waals surface area contributed by atoms with E-state index in [1.54, 1.807) is 18.2 Å². The number of benzene rings is 2. The summed E-state index contributed by atoms with van der Waals surface area (Å²) >= 11 is 0. The van der Waals surface area contributed by atoms with E-state index in [0.29, 0.717) is 28.6 Å². The molecule has 21 heavy (non-hydrogen) atoms. The molecule has 0 atom stereocenters. The predicted octanol–water partition coefficient (Wildman–Crippen LogP) is 2.53. The Bertz CT molecular complexity index is 902. The van der Waals surface area contributed by atoms with Crippen molar-refractivity contribution in [3.05, 3.63) is 70.0 Å². The number of pyridine rings is 1. The SMILES string of the molecule is N#Cc1cccc2c(=O)[nH]c(-c3ccc(CN)cc3)cc12. The van der Waals surface area contributed by atoms with Crippen LogP contribution in [0.2, 0.25) is 0 Å². The van der Waals surface area contributed by atoms with Crippen LogP contribution in [0.15, 0.2) is 53.3 Å². The van der Waals surface area contributed by atoms with Crippen molar-refractivity contribution in [1.29, 1.82) is 5.26 Å². The third kappa shape index (κ3) is 2.31. The van der Waals surface area contributed by atoms with Gasteiger partial charge in [0.2, 0.25) is 0 Å². The van der Waals surface area contributed by atoms with Crippen molar-refractivity contribution in [3.8, 4) is 17.3 Å². The Hall–Kier alpha value is -2.90. The molecule has 4 nitrogen and oxygen atoms in total. The Morgan fingerprint density at radius 3 is 2.52 bits per heavy atom. The van der Waals surface area contributed by atoms with Crippen LogP contribution in [0.1, 0.15) is 11.1 Å². The third-order valence-electron chi connectivity index (χ3n) is 3.51. The minimum atomic E-state index is -0.192. The summed E-state index contributed by atoms with van der Waals surface area (Å²) in [6, 6.07) is 16.8. The normalized spacial score (nSPS) is 10.5. The first kappa shape index (κ1) is 13.1. The van der Waals surface area contributed by atoms with Gasteiger partial charge < -0.3 is 10.7 Å². The van der Waals surface area contributed by atoms with Gasteiger partial charge >= 0.3 is 0 Å². The quantitative estimate of drug-likeness (QED) is 0.753. The fourth-order valence-electron chi connectivity index (χ4n) is 2.36. The molecule has 3 aromatic rings. The van der Waals surface area contributed by atoms with Gasteiger partial charge in [0.05, 0.1) is 11.6 Å². The van der Waals surface area contributed by atoms with Gasteiger partial charge in [0, 0.05) is 23.0 Å². The van der Waals surface area contributed by atoms with E-state index in [4.69, 9.17) is 5.73 Å². The van der Waals surface area contributed by atoms with Crippen LogP contribution in [-0.4, -0.2) is 4.98 Å². The molecule has 0 saturated carbocycles. The van der Waals surface area contributed by atoms with Gasteiger partial charge in [-0.05, 0) is 29.3 Å². The predicted molar refractivity (Wildman–Crippen MR) is 82.6 cm³/mol. The van der Waals surface area contributed by atoms with E-state index in [1.165, 1.54) is 0 Å². The maximum absolute atomic E-state index is 12.2. The standard InChI is InChI=1S/C17H13N3O/c18-9-11-4-6-12(7-5-11)16-8-15-13(10-19)2-1-3-14(15)17(21)20-16/h1-8H,9,18H2,(H,20,21). The fraction of sp³-hybridized carbons (Fsp3) is 0.0588. The Balaban J connectivity index is 2.24. The van der Waals surface area contributed by atoms with Gasteiger partial charge in [-0.3, -0.25) is 4.79 Å². The summed E-state index contributed by atoms with van der Waals surface area (Å²) in [5.41, 5.74) is 8.50. The van der Waals surface area contributed by atoms with Crippen LogP contribution in [-0.2, 0) is 6.54 Å². The second-order valence-corrected chi connectivity index (χ2v) is 4.79. The van der Waals surface area contributed by atoms with Crippen molar-refractivity contribution in [2.45, 2.75) is 6.54 Å². The van der Waals surface area contributed by atoms with E-state index in [2.05, 4.69) is 11.1 Å². The Morgan fingerprint density at radius 2 is 1.86 bits per heavy atom. The maximum atomic E-state index is 12.2. The lowest BCUT2D eigenvalue weighted by atomic mass is 10.0. The number of hydrogen-bond donors (Lipinski definition) is 2. The van der Waals surface area contributed by atoms with Gasteiger partial charge in [0.1, 0.15) is 0 Å². The third-order valence-corrected chi connectivity index (χ3v) is 3.51. The zero-order valence-corrected chi connectivity index (χ0v) is 11.3. The Labute approximate surface area is 121 Å². The largest absolute Gasteiger partial charge is 0.326 e. The molecule has 4 heteroatoms. The molecule has 0 spiro atoms. The van der Waals surface area contributed by atoms with Crippen LogP contribution in [0, 0.1) is 11.3 Å². The molecule has 0 fully saturated rings. The summed E-state index contributed by atoms with van der Waals surface area (Å²) in [7, 11) is 0. The molecule has 0 unspecified atom stereocenters. The molecule has 0 aliphatic heterocycles. The number of rotatable bonds is 2. The molecular weight excluding hydrogens is 262 g/mol. The van der Waals surface area contributed by atoms with Gasteiger partial charge in [-0.1, -0.05) is 30.3 Å². The number of nitrogens with one attached hydrogen (secondary N) is 1. The first-order valence-electron chi connectivity index (χ1n) is 6.58. The molecule has 2 aromatic carbocycles. The van der Waals surface area contributed by atoms with Crippen LogP contribution in [0.5, 0.6) is 0 Å². The zero-order chi connectivity index (χ0) is 14.8. The Kier molecular flexibility index (Phi) is 3.27. The Morgan fingerprint density at radius 1 is 1.10 bits per heavy atom. The number of nitrogens with zero attached hydrogens (tertiary/aromatic N) is 1. The molecular formula is C17H13N3O. The van der Waals surface area contributed by atoms with Crippen LogP contribution in [0.25, 0.3) is 22.0 Å². The summed E-state index contributed by atoms with van der Waals surface area (Å²) < 4.78 is 0. The van der Waals surface area contributed by atoms with Crippen molar-refractivity contribution in [2.75, 3.05) is 0 Å². The molecule has 0 saturated heterocycles. The number of aromatic amines is 1. The van der Waals surface area contributed by atoms with Gasteiger partial charge in [0.25, 0.3) is 5.56 Å². The second-order valence-electron chi connectivity index (χ2n) is 4.79. The highest BCUT2D eigenvalue weighted by Gasteiger charge is 2.07. The maximum Gasteiger partial charge on any atom is 0.256 e. The molecule has 3 rings (SSSR count). The first-order chi connectivity index (χ1) is 10.2. The van der Waals surface area contributed by atoms with Gasteiger partial charge in [0.15, 0.2) is 0 Å². The number of aromatic nitrogens is 1. The smallest absolute Gasteiger partial charge is 0.256 e. The van der Waals surface area contributed by atoms with Crippen molar-refractivity contribution >= 4 is 10.8 Å². The van der Waals surface area contributed by atoms with Gasteiger partial charge in [-0.2, -0.15) is 5.26 Å². The van der Waals surface area contributed by atoms with Crippen molar-refractivity contribution < 1.29 is 0 Å².